The van der Waals surface area contributed by atoms with Gasteiger partial charge in [-0.1, -0.05) is 161 Å². The Labute approximate surface area is 362 Å². The maximum atomic E-state index is 2.56. The standard InChI is InChI=1S/C60H44N2/c1-59(2)50-31-29-40(61-52-25-12-8-21-42(52)43-22-9-13-26-53(43)61)34-47(50)48-36-46(39-20-16-19-38(33-39)37-17-6-5-7-18-37)57-56(58(48)59)49-35-41(30-32-51(49)60(57,3)4)62-54-27-14-10-23-44(54)45-24-11-15-28-55(45)62/h5-36H,1-4H3. The fourth-order valence-corrected chi connectivity index (χ4v) is 11.7. The summed E-state index contributed by atoms with van der Waals surface area (Å²) < 4.78 is 4.94. The van der Waals surface area contributed by atoms with E-state index in [0.29, 0.717) is 0 Å². The van der Waals surface area contributed by atoms with Crippen LogP contribution in [0.25, 0.3) is 99.5 Å². The summed E-state index contributed by atoms with van der Waals surface area (Å²) in [5.41, 5.74) is 22.8. The fourth-order valence-electron chi connectivity index (χ4n) is 11.7. The van der Waals surface area contributed by atoms with E-state index in [4.69, 9.17) is 0 Å². The van der Waals surface area contributed by atoms with Crippen molar-refractivity contribution in [1.29, 1.82) is 0 Å². The molecule has 2 aliphatic carbocycles. The highest BCUT2D eigenvalue weighted by atomic mass is 15.0. The van der Waals surface area contributed by atoms with Gasteiger partial charge in [0, 0.05) is 43.7 Å². The molecule has 0 fully saturated rings. The predicted octanol–water partition coefficient (Wildman–Crippen LogP) is 15.8. The lowest BCUT2D eigenvalue weighted by molar-refractivity contribution is 0.648. The molecule has 2 nitrogen and oxygen atoms in total. The van der Waals surface area contributed by atoms with E-state index in [9.17, 15) is 0 Å². The largest absolute Gasteiger partial charge is 0.309 e. The van der Waals surface area contributed by atoms with Crippen LogP contribution in [0.2, 0.25) is 0 Å². The highest BCUT2D eigenvalue weighted by molar-refractivity contribution is 6.11. The van der Waals surface area contributed by atoms with Crippen molar-refractivity contribution < 1.29 is 0 Å². The Kier molecular flexibility index (Phi) is 7.16. The van der Waals surface area contributed by atoms with E-state index >= 15 is 0 Å². The van der Waals surface area contributed by atoms with Crippen LogP contribution in [-0.2, 0) is 10.8 Å². The maximum Gasteiger partial charge on any atom is 0.0541 e. The molecule has 62 heavy (non-hydrogen) atoms. The van der Waals surface area contributed by atoms with Crippen molar-refractivity contribution >= 4 is 43.6 Å². The van der Waals surface area contributed by atoms with E-state index in [1.54, 1.807) is 0 Å². The molecule has 0 saturated carbocycles. The Balaban J connectivity index is 1.11. The van der Waals surface area contributed by atoms with Gasteiger partial charge in [0.1, 0.15) is 0 Å². The van der Waals surface area contributed by atoms with Crippen molar-refractivity contribution in [3.63, 3.8) is 0 Å². The van der Waals surface area contributed by atoms with Gasteiger partial charge >= 0.3 is 0 Å². The monoisotopic (exact) mass is 792 g/mol. The lowest BCUT2D eigenvalue weighted by atomic mass is 9.74. The van der Waals surface area contributed by atoms with E-state index < -0.39 is 0 Å². The first-order chi connectivity index (χ1) is 30.3. The van der Waals surface area contributed by atoms with Crippen LogP contribution >= 0.6 is 0 Å². The van der Waals surface area contributed by atoms with Gasteiger partial charge in [-0.3, -0.25) is 0 Å². The molecule has 2 aromatic heterocycles. The number of fused-ring (bicyclic) bond motifs is 13. The predicted molar refractivity (Wildman–Crippen MR) is 261 cm³/mol. The third kappa shape index (κ3) is 4.70. The van der Waals surface area contributed by atoms with Crippen LogP contribution in [0, 0.1) is 0 Å². The van der Waals surface area contributed by atoms with Gasteiger partial charge in [-0.05, 0) is 127 Å². The second kappa shape index (κ2) is 12.6. The molecule has 0 unspecified atom stereocenters. The zero-order valence-corrected chi connectivity index (χ0v) is 35.4. The number of hydrogen-bond acceptors (Lipinski definition) is 0. The number of rotatable bonds is 4. The second-order valence-electron chi connectivity index (χ2n) is 18.5. The Hall–Kier alpha value is -7.42. The molecule has 0 amide bonds. The summed E-state index contributed by atoms with van der Waals surface area (Å²) in [6.07, 6.45) is 0. The molecule has 2 heteroatoms. The molecule has 294 valence electrons. The average Bonchev–Trinajstić information content (AvgIpc) is 3.97. The highest BCUT2D eigenvalue weighted by Crippen LogP contribution is 2.62. The van der Waals surface area contributed by atoms with Crippen molar-refractivity contribution in [3.8, 4) is 55.9 Å². The van der Waals surface area contributed by atoms with E-state index in [0.717, 1.165) is 0 Å². The number of benzene rings is 9. The Morgan fingerprint density at radius 2 is 0.726 bits per heavy atom. The molecule has 11 aromatic rings. The molecule has 0 atom stereocenters. The van der Waals surface area contributed by atoms with Gasteiger partial charge in [0.15, 0.2) is 0 Å². The zero-order chi connectivity index (χ0) is 41.5. The van der Waals surface area contributed by atoms with Crippen molar-refractivity contribution in [2.24, 2.45) is 0 Å². The molecule has 9 aromatic carbocycles. The van der Waals surface area contributed by atoms with Gasteiger partial charge in [0.2, 0.25) is 0 Å². The molecule has 0 radical (unpaired) electrons. The first-order valence-electron chi connectivity index (χ1n) is 21.9. The summed E-state index contributed by atoms with van der Waals surface area (Å²) in [4.78, 5) is 0. The first-order valence-corrected chi connectivity index (χ1v) is 21.9. The van der Waals surface area contributed by atoms with Gasteiger partial charge < -0.3 is 9.13 Å². The van der Waals surface area contributed by atoms with Crippen LogP contribution in [-0.4, -0.2) is 9.13 Å². The van der Waals surface area contributed by atoms with Crippen LogP contribution in [0.3, 0.4) is 0 Å². The smallest absolute Gasteiger partial charge is 0.0541 e. The van der Waals surface area contributed by atoms with Gasteiger partial charge in [-0.25, -0.2) is 0 Å². The van der Waals surface area contributed by atoms with Crippen molar-refractivity contribution in [1.82, 2.24) is 9.13 Å². The molecule has 0 saturated heterocycles. The number of aromatic nitrogens is 2. The average molecular weight is 793 g/mol. The van der Waals surface area contributed by atoms with Crippen LogP contribution in [0.15, 0.2) is 194 Å². The van der Waals surface area contributed by atoms with E-state index in [1.807, 2.05) is 0 Å². The van der Waals surface area contributed by atoms with Crippen LogP contribution in [0.1, 0.15) is 49.9 Å². The molecular formula is C60H44N2. The molecule has 0 bridgehead atoms. The molecule has 0 spiro atoms. The van der Waals surface area contributed by atoms with Gasteiger partial charge in [-0.15, -0.1) is 0 Å². The SMILES string of the molecule is CC1(C)c2ccc(-n3c4ccccc4c4ccccc43)cc2-c2c1c(-c1cccc(-c3ccccc3)c1)cc1c2C(C)(C)c2ccc(-n3c4ccccc4c4ccccc43)cc2-1. The lowest BCUT2D eigenvalue weighted by Gasteiger charge is -2.29. The molecule has 2 aliphatic rings. The summed E-state index contributed by atoms with van der Waals surface area (Å²) in [6, 6.07) is 72.5. The maximum absolute atomic E-state index is 2.56. The Morgan fingerprint density at radius 1 is 0.306 bits per heavy atom. The van der Waals surface area contributed by atoms with Crippen LogP contribution < -0.4 is 0 Å². The third-order valence-corrected chi connectivity index (χ3v) is 14.4. The molecule has 2 heterocycles. The first kappa shape index (κ1) is 35.3. The number of nitrogens with zero attached hydrogens (tertiary/aromatic N) is 2. The van der Waals surface area contributed by atoms with E-state index in [1.165, 1.54) is 122 Å². The van der Waals surface area contributed by atoms with E-state index in [-0.39, 0.29) is 10.8 Å². The highest BCUT2D eigenvalue weighted by Gasteiger charge is 2.46. The van der Waals surface area contributed by atoms with Gasteiger partial charge in [0.05, 0.1) is 22.1 Å². The molecule has 13 rings (SSSR count). The van der Waals surface area contributed by atoms with Gasteiger partial charge in [0.25, 0.3) is 0 Å². The van der Waals surface area contributed by atoms with Crippen molar-refractivity contribution in [2.45, 2.75) is 38.5 Å². The molecule has 0 N–H and O–H groups in total. The van der Waals surface area contributed by atoms with E-state index in [2.05, 4.69) is 231 Å². The molecule has 0 aliphatic heterocycles. The number of para-hydroxylation sites is 4. The van der Waals surface area contributed by atoms with Crippen LogP contribution in [0.4, 0.5) is 0 Å². The molecular weight excluding hydrogens is 749 g/mol. The van der Waals surface area contributed by atoms with Crippen molar-refractivity contribution in [3.05, 3.63) is 216 Å². The minimum atomic E-state index is -0.254. The summed E-state index contributed by atoms with van der Waals surface area (Å²) >= 11 is 0. The minimum Gasteiger partial charge on any atom is -0.309 e. The quantitative estimate of drug-likeness (QED) is 0.168. The van der Waals surface area contributed by atoms with Crippen LogP contribution in [0.5, 0.6) is 0 Å². The summed E-state index contributed by atoms with van der Waals surface area (Å²) in [5.74, 6) is 0. The summed E-state index contributed by atoms with van der Waals surface area (Å²) in [6.45, 7) is 9.81. The second-order valence-corrected chi connectivity index (χ2v) is 18.5. The fraction of sp³-hybridized carbons (Fsp3) is 0.100. The lowest BCUT2D eigenvalue weighted by Crippen LogP contribution is -2.19. The normalized spacial score (nSPS) is 14.4. The topological polar surface area (TPSA) is 9.86 Å². The Morgan fingerprint density at radius 3 is 1.26 bits per heavy atom. The number of hydrogen-bond donors (Lipinski definition) is 0. The zero-order valence-electron chi connectivity index (χ0n) is 35.4. The minimum absolute atomic E-state index is 0.251. The summed E-state index contributed by atoms with van der Waals surface area (Å²) in [7, 11) is 0. The van der Waals surface area contributed by atoms with Gasteiger partial charge in [-0.2, -0.15) is 0 Å². The van der Waals surface area contributed by atoms with Crippen molar-refractivity contribution in [2.75, 3.05) is 0 Å². The third-order valence-electron chi connectivity index (χ3n) is 14.4. The Bertz CT molecular complexity index is 3580. The summed E-state index contributed by atoms with van der Waals surface area (Å²) in [5, 5.41) is 5.11.